The molecule has 5 heteroatoms. The Labute approximate surface area is 120 Å². The van der Waals surface area contributed by atoms with E-state index < -0.39 is 0 Å². The van der Waals surface area contributed by atoms with E-state index in [0.29, 0.717) is 32.1 Å². The molecule has 1 rings (SSSR count). The molecule has 5 nitrogen and oxygen atoms in total. The van der Waals surface area contributed by atoms with Crippen LogP contribution in [0.5, 0.6) is 5.75 Å². The molecule has 110 valence electrons. The van der Waals surface area contributed by atoms with Gasteiger partial charge in [0.15, 0.2) is 12.9 Å². The van der Waals surface area contributed by atoms with Gasteiger partial charge in [-0.3, -0.25) is 0 Å². The van der Waals surface area contributed by atoms with Gasteiger partial charge < -0.3 is 19.5 Å². The Kier molecular flexibility index (Phi) is 8.40. The smallest absolute Gasteiger partial charge is 0.174 e. The maximum absolute atomic E-state index is 8.49. The molecule has 0 atom stereocenters. The minimum absolute atomic E-state index is 0.0631. The lowest BCUT2D eigenvalue weighted by molar-refractivity contribution is -0.133. The zero-order chi connectivity index (χ0) is 14.6. The van der Waals surface area contributed by atoms with E-state index in [1.807, 2.05) is 44.2 Å². The number of nitrogens with zero attached hydrogens (tertiary/aromatic N) is 1. The van der Waals surface area contributed by atoms with Gasteiger partial charge >= 0.3 is 0 Å². The second kappa shape index (κ2) is 10.2. The Hall–Kier alpha value is -1.61. The van der Waals surface area contributed by atoms with Crippen molar-refractivity contribution < 1.29 is 14.2 Å². The Bertz CT molecular complexity index is 412. The lowest BCUT2D eigenvalue weighted by Crippen LogP contribution is -2.31. The molecule has 0 bridgehead atoms. The maximum atomic E-state index is 8.49. The molecule has 0 amide bonds. The Morgan fingerprint density at radius 2 is 2.00 bits per heavy atom. The first-order chi connectivity index (χ1) is 9.80. The minimum atomic E-state index is -0.219. The van der Waals surface area contributed by atoms with E-state index in [4.69, 9.17) is 19.5 Å². The number of nitriles is 1. The molecule has 0 heterocycles. The van der Waals surface area contributed by atoms with Gasteiger partial charge in [0.25, 0.3) is 0 Å². The first-order valence-corrected chi connectivity index (χ1v) is 6.82. The summed E-state index contributed by atoms with van der Waals surface area (Å²) in [6.45, 7) is 6.54. The van der Waals surface area contributed by atoms with Crippen LogP contribution < -0.4 is 10.1 Å². The average Bonchev–Trinajstić information content (AvgIpc) is 2.46. The maximum Gasteiger partial charge on any atom is 0.174 e. The van der Waals surface area contributed by atoms with Gasteiger partial charge in [0.2, 0.25) is 0 Å². The number of hydrogen-bond acceptors (Lipinski definition) is 5. The monoisotopic (exact) mass is 278 g/mol. The van der Waals surface area contributed by atoms with Gasteiger partial charge in [-0.05, 0) is 31.5 Å². The Balaban J connectivity index is 2.38. The summed E-state index contributed by atoms with van der Waals surface area (Å²) in [6.07, 6.45) is -0.219. The molecule has 0 aliphatic rings. The first kappa shape index (κ1) is 16.4. The van der Waals surface area contributed by atoms with Crippen molar-refractivity contribution in [2.24, 2.45) is 0 Å². The van der Waals surface area contributed by atoms with Gasteiger partial charge in [0.1, 0.15) is 11.8 Å². The third-order valence-corrected chi connectivity index (χ3v) is 2.55. The summed E-state index contributed by atoms with van der Waals surface area (Å²) in [4.78, 5) is 0. The van der Waals surface area contributed by atoms with E-state index in [2.05, 4.69) is 5.32 Å². The third-order valence-electron chi connectivity index (χ3n) is 2.55. The quantitative estimate of drug-likeness (QED) is 0.664. The van der Waals surface area contributed by atoms with Crippen LogP contribution in [-0.4, -0.2) is 32.7 Å². The summed E-state index contributed by atoms with van der Waals surface area (Å²) in [5, 5.41) is 11.8. The van der Waals surface area contributed by atoms with Gasteiger partial charge in [0, 0.05) is 26.3 Å². The van der Waals surface area contributed by atoms with Crippen molar-refractivity contribution in [3.8, 4) is 11.8 Å². The summed E-state index contributed by atoms with van der Waals surface area (Å²) >= 11 is 0. The van der Waals surface area contributed by atoms with Crippen molar-refractivity contribution >= 4 is 0 Å². The molecule has 0 spiro atoms. The van der Waals surface area contributed by atoms with Crippen LogP contribution in [0.3, 0.4) is 0 Å². The molecule has 0 aromatic heterocycles. The third kappa shape index (κ3) is 6.53. The van der Waals surface area contributed by atoms with Crippen LogP contribution in [0.4, 0.5) is 0 Å². The Morgan fingerprint density at radius 1 is 1.25 bits per heavy atom. The van der Waals surface area contributed by atoms with E-state index in [0.717, 1.165) is 5.56 Å². The van der Waals surface area contributed by atoms with Crippen LogP contribution in [-0.2, 0) is 16.0 Å². The van der Waals surface area contributed by atoms with E-state index in [9.17, 15) is 0 Å². The van der Waals surface area contributed by atoms with Crippen LogP contribution in [0, 0.1) is 11.3 Å². The van der Waals surface area contributed by atoms with E-state index in [1.54, 1.807) is 0 Å². The van der Waals surface area contributed by atoms with Gasteiger partial charge in [-0.1, -0.05) is 12.1 Å². The lowest BCUT2D eigenvalue weighted by Gasteiger charge is -2.17. The van der Waals surface area contributed by atoms with Crippen molar-refractivity contribution in [3.63, 3.8) is 0 Å². The van der Waals surface area contributed by atoms with Gasteiger partial charge in [0.05, 0.1) is 0 Å². The van der Waals surface area contributed by atoms with Crippen LogP contribution in [0.15, 0.2) is 24.3 Å². The standard InChI is InChI=1S/C15H22N2O3/c1-3-18-15(19-4-2)12-17-11-13-6-5-7-14(10-13)20-9-8-16/h5-7,10,15,17H,3-4,9,11-12H2,1-2H3. The highest BCUT2D eigenvalue weighted by Crippen LogP contribution is 2.13. The molecular weight excluding hydrogens is 256 g/mol. The van der Waals surface area contributed by atoms with Gasteiger partial charge in [-0.25, -0.2) is 0 Å². The van der Waals surface area contributed by atoms with E-state index >= 15 is 0 Å². The number of ether oxygens (including phenoxy) is 3. The number of hydrogen-bond donors (Lipinski definition) is 1. The topological polar surface area (TPSA) is 63.5 Å². The van der Waals surface area contributed by atoms with Crippen LogP contribution in [0.2, 0.25) is 0 Å². The largest absolute Gasteiger partial charge is 0.479 e. The van der Waals surface area contributed by atoms with Gasteiger partial charge in [-0.2, -0.15) is 5.26 Å². The Morgan fingerprint density at radius 3 is 2.65 bits per heavy atom. The summed E-state index contributed by atoms with van der Waals surface area (Å²) in [7, 11) is 0. The molecular formula is C15H22N2O3. The molecule has 0 saturated carbocycles. The van der Waals surface area contributed by atoms with Gasteiger partial charge in [-0.15, -0.1) is 0 Å². The summed E-state index contributed by atoms with van der Waals surface area (Å²) in [5.41, 5.74) is 1.09. The fraction of sp³-hybridized carbons (Fsp3) is 0.533. The molecule has 0 unspecified atom stereocenters. The summed E-state index contributed by atoms with van der Waals surface area (Å²) in [6, 6.07) is 9.62. The van der Waals surface area contributed by atoms with Crippen LogP contribution >= 0.6 is 0 Å². The molecule has 0 saturated heterocycles. The summed E-state index contributed by atoms with van der Waals surface area (Å²) in [5.74, 6) is 0.706. The number of benzene rings is 1. The molecule has 0 radical (unpaired) electrons. The van der Waals surface area contributed by atoms with Crippen molar-refractivity contribution in [3.05, 3.63) is 29.8 Å². The SMILES string of the molecule is CCOC(CNCc1cccc(OCC#N)c1)OCC. The molecule has 1 N–H and O–H groups in total. The molecule has 20 heavy (non-hydrogen) atoms. The molecule has 0 aliphatic heterocycles. The molecule has 1 aromatic rings. The summed E-state index contributed by atoms with van der Waals surface area (Å²) < 4.78 is 16.2. The first-order valence-electron chi connectivity index (χ1n) is 6.82. The van der Waals surface area contributed by atoms with Crippen molar-refractivity contribution in [2.75, 3.05) is 26.4 Å². The highest BCUT2D eigenvalue weighted by Gasteiger charge is 2.06. The van der Waals surface area contributed by atoms with Crippen molar-refractivity contribution in [2.45, 2.75) is 26.7 Å². The normalized spacial score (nSPS) is 10.5. The highest BCUT2D eigenvalue weighted by molar-refractivity contribution is 5.28. The second-order valence-electron chi connectivity index (χ2n) is 4.07. The van der Waals surface area contributed by atoms with Crippen LogP contribution in [0.25, 0.3) is 0 Å². The van der Waals surface area contributed by atoms with Crippen molar-refractivity contribution in [1.82, 2.24) is 5.32 Å². The minimum Gasteiger partial charge on any atom is -0.479 e. The predicted molar refractivity (Wildman–Crippen MR) is 76.3 cm³/mol. The zero-order valence-corrected chi connectivity index (χ0v) is 12.1. The molecule has 1 aromatic carbocycles. The van der Waals surface area contributed by atoms with Crippen molar-refractivity contribution in [1.29, 1.82) is 5.26 Å². The number of nitrogens with one attached hydrogen (secondary N) is 1. The fourth-order valence-electron chi connectivity index (χ4n) is 1.73. The fourth-order valence-corrected chi connectivity index (χ4v) is 1.73. The highest BCUT2D eigenvalue weighted by atomic mass is 16.7. The van der Waals surface area contributed by atoms with Crippen LogP contribution in [0.1, 0.15) is 19.4 Å². The zero-order valence-electron chi connectivity index (χ0n) is 12.1. The average molecular weight is 278 g/mol. The molecule has 0 fully saturated rings. The molecule has 0 aliphatic carbocycles. The lowest BCUT2D eigenvalue weighted by atomic mass is 10.2. The predicted octanol–water partition coefficient (Wildman–Crippen LogP) is 2.08. The van der Waals surface area contributed by atoms with E-state index in [1.165, 1.54) is 0 Å². The second-order valence-corrected chi connectivity index (χ2v) is 4.07. The van der Waals surface area contributed by atoms with E-state index in [-0.39, 0.29) is 12.9 Å². The number of rotatable bonds is 10.